The van der Waals surface area contributed by atoms with Gasteiger partial charge >= 0.3 is 6.18 Å². The van der Waals surface area contributed by atoms with Gasteiger partial charge in [-0.15, -0.1) is 0 Å². The lowest BCUT2D eigenvalue weighted by Crippen LogP contribution is -2.45. The lowest BCUT2D eigenvalue weighted by atomic mass is 9.93. The molecule has 2 aromatic rings. The molecule has 0 saturated heterocycles. The van der Waals surface area contributed by atoms with Crippen molar-refractivity contribution in [3.63, 3.8) is 0 Å². The minimum Gasteiger partial charge on any atom is -0.481 e. The van der Waals surface area contributed by atoms with Gasteiger partial charge in [0, 0.05) is 17.7 Å². The number of halogens is 5. The molecule has 1 N–H and O–H groups in total. The molecule has 0 spiro atoms. The van der Waals surface area contributed by atoms with E-state index in [4.69, 9.17) is 16.3 Å². The van der Waals surface area contributed by atoms with E-state index < -0.39 is 56.3 Å². The van der Waals surface area contributed by atoms with Crippen molar-refractivity contribution in [3.05, 3.63) is 52.7 Å². The molecule has 1 saturated carbocycles. The molecule has 1 fully saturated rings. The molecule has 0 aliphatic heterocycles. The zero-order valence-electron chi connectivity index (χ0n) is 16.7. The first kappa shape index (κ1) is 24.2. The number of nitrogens with zero attached hydrogens (tertiary/aromatic N) is 1. The Hall–Kier alpha value is -2.40. The van der Waals surface area contributed by atoms with Crippen molar-refractivity contribution in [2.24, 2.45) is 0 Å². The number of methoxy groups -OCH3 is 1. The number of hydrogen-bond acceptors (Lipinski definition) is 5. The van der Waals surface area contributed by atoms with Gasteiger partial charge in [-0.05, 0) is 49.9 Å². The van der Waals surface area contributed by atoms with Crippen LogP contribution in [-0.2, 0) is 16.0 Å². The summed E-state index contributed by atoms with van der Waals surface area (Å²) in [7, 11) is -3.33. The second kappa shape index (κ2) is 8.86. The summed E-state index contributed by atoms with van der Waals surface area (Å²) in [4.78, 5) is 15.6. The molecule has 1 amide bonds. The van der Waals surface area contributed by atoms with Gasteiger partial charge in [0.1, 0.15) is 5.15 Å². The van der Waals surface area contributed by atoms with Crippen LogP contribution in [0.1, 0.15) is 41.6 Å². The summed E-state index contributed by atoms with van der Waals surface area (Å²) in [6, 6.07) is 5.18. The number of aromatic nitrogens is 1. The molecule has 1 aliphatic carbocycles. The van der Waals surface area contributed by atoms with Gasteiger partial charge in [0.2, 0.25) is 20.7 Å². The maximum Gasteiger partial charge on any atom is 0.416 e. The highest BCUT2D eigenvalue weighted by molar-refractivity contribution is 7.92. The predicted molar refractivity (Wildman–Crippen MR) is 108 cm³/mol. The highest BCUT2D eigenvalue weighted by atomic mass is 35.5. The number of benzene rings is 1. The standard InChI is InChI=1S/C20H19ClF4N2O4S/c1-31-17-10-12(9-16(21)27-17)18(28)26-14-5-7-19(22,8-6-14)32(29,30)15-4-2-3-13(11-15)20(23,24)25/h2-4,9-11,14H,5-8H2,1H3,(H,26,28)/t14-,19-. The van der Waals surface area contributed by atoms with Crippen LogP contribution in [0.4, 0.5) is 17.6 Å². The third kappa shape index (κ3) is 4.98. The molecule has 0 unspecified atom stereocenters. The number of carbonyl (C=O) groups is 1. The Bertz CT molecular complexity index is 1120. The van der Waals surface area contributed by atoms with Gasteiger partial charge in [0.25, 0.3) is 5.91 Å². The fourth-order valence-electron chi connectivity index (χ4n) is 3.49. The van der Waals surface area contributed by atoms with E-state index in [2.05, 4.69) is 10.3 Å². The minimum absolute atomic E-state index is 0.0175. The van der Waals surface area contributed by atoms with Gasteiger partial charge in [0.15, 0.2) is 0 Å². The average Bonchev–Trinajstić information content (AvgIpc) is 2.74. The molecule has 1 aromatic heterocycles. The molecule has 174 valence electrons. The van der Waals surface area contributed by atoms with E-state index in [1.165, 1.54) is 19.2 Å². The molecule has 3 rings (SSSR count). The third-order valence-electron chi connectivity index (χ3n) is 5.26. The third-order valence-corrected chi connectivity index (χ3v) is 7.70. The molecular weight excluding hydrogens is 476 g/mol. The normalized spacial score (nSPS) is 21.8. The number of ether oxygens (including phenoxy) is 1. The van der Waals surface area contributed by atoms with Gasteiger partial charge in [0.05, 0.1) is 17.6 Å². The number of alkyl halides is 4. The Balaban J connectivity index is 1.71. The van der Waals surface area contributed by atoms with Crippen LogP contribution >= 0.6 is 11.6 Å². The highest BCUT2D eigenvalue weighted by Gasteiger charge is 2.48. The molecule has 1 aliphatic rings. The first-order valence-electron chi connectivity index (χ1n) is 9.49. The van der Waals surface area contributed by atoms with E-state index >= 15 is 4.39 Å². The van der Waals surface area contributed by atoms with Crippen LogP contribution in [0, 0.1) is 0 Å². The molecule has 0 atom stereocenters. The average molecular weight is 495 g/mol. The van der Waals surface area contributed by atoms with Gasteiger partial charge in [-0.25, -0.2) is 17.8 Å². The van der Waals surface area contributed by atoms with Crippen LogP contribution in [0.15, 0.2) is 41.3 Å². The maximum absolute atomic E-state index is 15.4. The van der Waals surface area contributed by atoms with Crippen LogP contribution in [0.25, 0.3) is 0 Å². The second-order valence-electron chi connectivity index (χ2n) is 7.38. The Morgan fingerprint density at radius 2 is 1.88 bits per heavy atom. The van der Waals surface area contributed by atoms with E-state index in [1.807, 2.05) is 0 Å². The number of nitrogens with one attached hydrogen (secondary N) is 1. The molecule has 6 nitrogen and oxygen atoms in total. The second-order valence-corrected chi connectivity index (χ2v) is 9.98. The van der Waals surface area contributed by atoms with Crippen molar-refractivity contribution in [2.45, 2.75) is 47.8 Å². The number of sulfone groups is 1. The SMILES string of the molecule is COc1cc(C(=O)N[C@H]2CC[C@](F)(S(=O)(=O)c3cccc(C(F)(F)F)c3)CC2)cc(Cl)n1. The summed E-state index contributed by atoms with van der Waals surface area (Å²) in [6.45, 7) is 0. The van der Waals surface area contributed by atoms with Crippen molar-refractivity contribution in [3.8, 4) is 5.88 Å². The summed E-state index contributed by atoms with van der Waals surface area (Å²) in [5.41, 5.74) is -1.01. The van der Waals surface area contributed by atoms with Gasteiger partial charge in [-0.2, -0.15) is 13.2 Å². The van der Waals surface area contributed by atoms with E-state index in [-0.39, 0.29) is 29.4 Å². The first-order valence-corrected chi connectivity index (χ1v) is 11.3. The zero-order chi connectivity index (χ0) is 23.7. The minimum atomic E-state index is -4.75. The van der Waals surface area contributed by atoms with Crippen LogP contribution in [0.3, 0.4) is 0 Å². The molecule has 1 aromatic carbocycles. The summed E-state index contributed by atoms with van der Waals surface area (Å²) >= 11 is 5.84. The van der Waals surface area contributed by atoms with Crippen molar-refractivity contribution >= 4 is 27.3 Å². The Kier molecular flexibility index (Phi) is 6.71. The van der Waals surface area contributed by atoms with Crippen molar-refractivity contribution in [2.75, 3.05) is 7.11 Å². The van der Waals surface area contributed by atoms with Crippen LogP contribution in [0.5, 0.6) is 5.88 Å². The molecule has 1 heterocycles. The van der Waals surface area contributed by atoms with E-state index in [0.29, 0.717) is 6.07 Å². The summed E-state index contributed by atoms with van der Waals surface area (Å²) in [5, 5.41) is -0.0187. The monoisotopic (exact) mass is 494 g/mol. The predicted octanol–water partition coefficient (Wildman–Crippen LogP) is 4.57. The van der Waals surface area contributed by atoms with E-state index in [1.54, 1.807) is 0 Å². The maximum atomic E-state index is 15.4. The molecule has 12 heteroatoms. The molecule has 0 bridgehead atoms. The Morgan fingerprint density at radius 3 is 2.47 bits per heavy atom. The molecule has 0 radical (unpaired) electrons. The van der Waals surface area contributed by atoms with Crippen LogP contribution in [0.2, 0.25) is 5.15 Å². The van der Waals surface area contributed by atoms with Crippen LogP contribution < -0.4 is 10.1 Å². The van der Waals surface area contributed by atoms with Gasteiger partial charge < -0.3 is 10.1 Å². The zero-order valence-corrected chi connectivity index (χ0v) is 18.3. The van der Waals surface area contributed by atoms with Crippen molar-refractivity contribution in [1.29, 1.82) is 0 Å². The largest absolute Gasteiger partial charge is 0.481 e. The number of hydrogen-bond donors (Lipinski definition) is 1. The fourth-order valence-corrected chi connectivity index (χ4v) is 5.43. The number of pyridine rings is 1. The van der Waals surface area contributed by atoms with Gasteiger partial charge in [-0.1, -0.05) is 17.7 Å². The number of rotatable bonds is 5. The van der Waals surface area contributed by atoms with Crippen molar-refractivity contribution in [1.82, 2.24) is 10.3 Å². The van der Waals surface area contributed by atoms with Crippen LogP contribution in [-0.4, -0.2) is 37.5 Å². The van der Waals surface area contributed by atoms with E-state index in [0.717, 1.165) is 18.2 Å². The topological polar surface area (TPSA) is 85.4 Å². The summed E-state index contributed by atoms with van der Waals surface area (Å²) in [5.74, 6) is -0.397. The molecule has 32 heavy (non-hydrogen) atoms. The summed E-state index contributed by atoms with van der Waals surface area (Å²) in [6.07, 6.45) is -5.74. The smallest absolute Gasteiger partial charge is 0.416 e. The Morgan fingerprint density at radius 1 is 1.22 bits per heavy atom. The number of amides is 1. The van der Waals surface area contributed by atoms with Crippen molar-refractivity contribution < 1.29 is 35.5 Å². The Labute approximate surface area is 186 Å². The summed E-state index contributed by atoms with van der Waals surface area (Å²) < 4.78 is 84.7. The lowest BCUT2D eigenvalue weighted by Gasteiger charge is -2.34. The van der Waals surface area contributed by atoms with E-state index in [9.17, 15) is 26.4 Å². The number of carbonyl (C=O) groups excluding carboxylic acids is 1. The fraction of sp³-hybridized carbons (Fsp3) is 0.400. The van der Waals surface area contributed by atoms with Gasteiger partial charge in [-0.3, -0.25) is 4.79 Å². The highest BCUT2D eigenvalue weighted by Crippen LogP contribution is 2.41. The lowest BCUT2D eigenvalue weighted by molar-refractivity contribution is -0.137. The molecular formula is C20H19ClF4N2O4S. The first-order chi connectivity index (χ1) is 14.9. The quantitative estimate of drug-likeness (QED) is 0.486.